The highest BCUT2D eigenvalue weighted by atomic mass is 16.5. The summed E-state index contributed by atoms with van der Waals surface area (Å²) in [6.07, 6.45) is -0.923. The molecule has 23 heavy (non-hydrogen) atoms. The highest BCUT2D eigenvalue weighted by Crippen LogP contribution is 1.89. The molecule has 0 aromatic rings. The van der Waals surface area contributed by atoms with Gasteiger partial charge in [-0.25, -0.2) is 4.79 Å². The number of rotatable bonds is 15. The van der Waals surface area contributed by atoms with Crippen molar-refractivity contribution in [3.05, 3.63) is 10.4 Å². The van der Waals surface area contributed by atoms with E-state index in [9.17, 15) is 4.79 Å². The highest BCUT2D eigenvalue weighted by Gasteiger charge is 2.06. The largest absolute Gasteiger partial charge is 0.465 e. The maximum atomic E-state index is 10.6. The molecule has 0 saturated carbocycles. The Balaban J connectivity index is 3.26. The summed E-state index contributed by atoms with van der Waals surface area (Å²) in [6.45, 7) is 5.08. The van der Waals surface area contributed by atoms with Crippen LogP contribution in [-0.2, 0) is 14.2 Å². The van der Waals surface area contributed by atoms with Crippen LogP contribution >= 0.6 is 0 Å². The number of amides is 1. The average Bonchev–Trinajstić information content (AvgIpc) is 2.53. The second kappa shape index (κ2) is 15.3. The highest BCUT2D eigenvalue weighted by molar-refractivity contribution is 5.64. The first-order valence-corrected chi connectivity index (χ1v) is 7.44. The van der Waals surface area contributed by atoms with Gasteiger partial charge in [-0.1, -0.05) is 5.11 Å². The fourth-order valence-electron chi connectivity index (χ4n) is 1.44. The van der Waals surface area contributed by atoms with Crippen LogP contribution in [0.5, 0.6) is 0 Å². The molecule has 0 saturated heterocycles. The maximum Gasteiger partial charge on any atom is 0.407 e. The molecule has 0 rings (SSSR count). The van der Waals surface area contributed by atoms with E-state index < -0.39 is 6.09 Å². The standard InChI is InChI=1S/C13H27N5O5/c1-17(4-5-18(2)13(19)20)6-8-22-10-12-23-11-9-21-7-3-15-16-14/h3-12H2,1-2H3,(H,19,20). The van der Waals surface area contributed by atoms with E-state index in [2.05, 4.69) is 10.0 Å². The number of ether oxygens (including phenoxy) is 3. The number of carbonyl (C=O) groups is 1. The molecule has 0 aliphatic rings. The van der Waals surface area contributed by atoms with Gasteiger partial charge < -0.3 is 29.1 Å². The first-order valence-electron chi connectivity index (χ1n) is 7.44. The fraction of sp³-hybridized carbons (Fsp3) is 0.923. The Morgan fingerprint density at radius 2 is 1.57 bits per heavy atom. The Kier molecular flexibility index (Phi) is 14.3. The van der Waals surface area contributed by atoms with Crippen molar-refractivity contribution in [1.29, 1.82) is 0 Å². The van der Waals surface area contributed by atoms with Crippen LogP contribution in [0.1, 0.15) is 0 Å². The van der Waals surface area contributed by atoms with Crippen molar-refractivity contribution < 1.29 is 24.1 Å². The van der Waals surface area contributed by atoms with E-state index in [0.29, 0.717) is 59.3 Å². The molecule has 134 valence electrons. The molecule has 0 radical (unpaired) electrons. The zero-order valence-electron chi connectivity index (χ0n) is 13.9. The van der Waals surface area contributed by atoms with E-state index in [1.165, 1.54) is 4.90 Å². The topological polar surface area (TPSA) is 120 Å². The summed E-state index contributed by atoms with van der Waals surface area (Å²) in [5, 5.41) is 12.1. The number of hydrogen-bond donors (Lipinski definition) is 1. The van der Waals surface area contributed by atoms with Crippen LogP contribution in [0.3, 0.4) is 0 Å². The fourth-order valence-corrected chi connectivity index (χ4v) is 1.44. The van der Waals surface area contributed by atoms with Crippen LogP contribution in [-0.4, -0.2) is 101 Å². The summed E-state index contributed by atoms with van der Waals surface area (Å²) < 4.78 is 15.9. The summed E-state index contributed by atoms with van der Waals surface area (Å²) >= 11 is 0. The van der Waals surface area contributed by atoms with E-state index in [0.717, 1.165) is 6.54 Å². The molecule has 0 aliphatic heterocycles. The molecule has 0 unspecified atom stereocenters. The van der Waals surface area contributed by atoms with Gasteiger partial charge in [-0.2, -0.15) is 0 Å². The van der Waals surface area contributed by atoms with E-state index in [1.807, 2.05) is 11.9 Å². The zero-order chi connectivity index (χ0) is 17.3. The summed E-state index contributed by atoms with van der Waals surface area (Å²) in [5.41, 5.74) is 8.06. The van der Waals surface area contributed by atoms with Crippen LogP contribution in [0.4, 0.5) is 4.79 Å². The molecule has 0 bridgehead atoms. The van der Waals surface area contributed by atoms with Gasteiger partial charge in [-0.3, -0.25) is 0 Å². The molecule has 10 heteroatoms. The smallest absolute Gasteiger partial charge is 0.407 e. The van der Waals surface area contributed by atoms with Crippen LogP contribution in [0.25, 0.3) is 10.4 Å². The zero-order valence-corrected chi connectivity index (χ0v) is 13.9. The Bertz CT molecular complexity index is 352. The van der Waals surface area contributed by atoms with E-state index in [4.69, 9.17) is 24.8 Å². The van der Waals surface area contributed by atoms with Crippen molar-refractivity contribution in [1.82, 2.24) is 9.80 Å². The van der Waals surface area contributed by atoms with Gasteiger partial charge in [0.25, 0.3) is 0 Å². The summed E-state index contributed by atoms with van der Waals surface area (Å²) in [6, 6.07) is 0. The Morgan fingerprint density at radius 1 is 1.00 bits per heavy atom. The molecule has 0 heterocycles. The third kappa shape index (κ3) is 15.1. The minimum atomic E-state index is -0.923. The van der Waals surface area contributed by atoms with Crippen LogP contribution in [0, 0.1) is 0 Å². The molecule has 10 nitrogen and oxygen atoms in total. The van der Waals surface area contributed by atoms with Crippen LogP contribution in [0.15, 0.2) is 5.11 Å². The number of hydrogen-bond acceptors (Lipinski definition) is 6. The first-order chi connectivity index (χ1) is 11.1. The quantitative estimate of drug-likeness (QED) is 0.206. The van der Waals surface area contributed by atoms with Gasteiger partial charge in [-0.15, -0.1) is 0 Å². The third-order valence-electron chi connectivity index (χ3n) is 2.90. The first kappa shape index (κ1) is 21.4. The summed E-state index contributed by atoms with van der Waals surface area (Å²) in [7, 11) is 3.47. The number of carboxylic acid groups (broad SMARTS) is 1. The van der Waals surface area contributed by atoms with Gasteiger partial charge in [0.2, 0.25) is 0 Å². The molecule has 0 aromatic carbocycles. The second-order valence-electron chi connectivity index (χ2n) is 4.80. The number of likely N-dealkylation sites (N-methyl/N-ethyl adjacent to an activating group) is 2. The Morgan fingerprint density at radius 3 is 2.13 bits per heavy atom. The van der Waals surface area contributed by atoms with Crippen molar-refractivity contribution in [3.63, 3.8) is 0 Å². The molecule has 0 fully saturated rings. The van der Waals surface area contributed by atoms with Gasteiger partial charge in [0.1, 0.15) is 0 Å². The normalized spacial score (nSPS) is 10.6. The van der Waals surface area contributed by atoms with Crippen molar-refractivity contribution in [2.45, 2.75) is 0 Å². The van der Waals surface area contributed by atoms with Gasteiger partial charge in [-0.05, 0) is 12.6 Å². The van der Waals surface area contributed by atoms with Crippen molar-refractivity contribution in [2.24, 2.45) is 5.11 Å². The lowest BCUT2D eigenvalue weighted by atomic mass is 10.5. The maximum absolute atomic E-state index is 10.6. The lowest BCUT2D eigenvalue weighted by Gasteiger charge is -2.20. The molecule has 1 amide bonds. The second-order valence-corrected chi connectivity index (χ2v) is 4.80. The lowest BCUT2D eigenvalue weighted by Crippen LogP contribution is -2.35. The lowest BCUT2D eigenvalue weighted by molar-refractivity contribution is 0.0127. The predicted molar refractivity (Wildman–Crippen MR) is 84.6 cm³/mol. The van der Waals surface area contributed by atoms with Gasteiger partial charge >= 0.3 is 6.09 Å². The summed E-state index contributed by atoms with van der Waals surface area (Å²) in [5.74, 6) is 0. The molecule has 0 aromatic heterocycles. The number of nitrogens with zero attached hydrogens (tertiary/aromatic N) is 5. The van der Waals surface area contributed by atoms with Gasteiger partial charge in [0.05, 0.1) is 39.6 Å². The molecule has 0 atom stereocenters. The molecular formula is C13H27N5O5. The molecule has 1 N–H and O–H groups in total. The summed E-state index contributed by atoms with van der Waals surface area (Å²) in [4.78, 5) is 16.5. The van der Waals surface area contributed by atoms with Crippen molar-refractivity contribution in [2.75, 3.05) is 79.9 Å². The van der Waals surface area contributed by atoms with Crippen molar-refractivity contribution in [3.8, 4) is 0 Å². The SMILES string of the molecule is CN(CCOCCOCCOCCN=[N+]=[N-])CCN(C)C(=O)O. The van der Waals surface area contributed by atoms with Crippen LogP contribution < -0.4 is 0 Å². The minimum Gasteiger partial charge on any atom is -0.465 e. The number of azide groups is 1. The molecule has 0 aliphatic carbocycles. The van der Waals surface area contributed by atoms with E-state index in [1.54, 1.807) is 7.05 Å². The van der Waals surface area contributed by atoms with Gasteiger partial charge in [0, 0.05) is 38.1 Å². The molecular weight excluding hydrogens is 306 g/mol. The monoisotopic (exact) mass is 333 g/mol. The van der Waals surface area contributed by atoms with Crippen LogP contribution in [0.2, 0.25) is 0 Å². The Hall–Kier alpha value is -1.58. The minimum absolute atomic E-state index is 0.329. The average molecular weight is 333 g/mol. The third-order valence-corrected chi connectivity index (χ3v) is 2.90. The molecule has 0 spiro atoms. The Labute approximate surface area is 136 Å². The van der Waals surface area contributed by atoms with E-state index in [-0.39, 0.29) is 0 Å². The van der Waals surface area contributed by atoms with Crippen molar-refractivity contribution >= 4 is 6.09 Å². The van der Waals surface area contributed by atoms with Gasteiger partial charge in [0.15, 0.2) is 0 Å². The predicted octanol–water partition coefficient (Wildman–Crippen LogP) is 0.888. The van der Waals surface area contributed by atoms with E-state index >= 15 is 0 Å².